The lowest BCUT2D eigenvalue weighted by atomic mass is 9.96. The van der Waals surface area contributed by atoms with Crippen LogP contribution >= 0.6 is 11.8 Å². The molecule has 2 aliphatic rings. The summed E-state index contributed by atoms with van der Waals surface area (Å²) in [6.07, 6.45) is 0.386. The number of carbonyl (C=O) groups excluding carboxylic acids is 12. The average molecular weight is 1420 g/mol. The maximum Gasteiger partial charge on any atom is 0.305 e. The second-order valence-electron chi connectivity index (χ2n) is 25.9. The number of carboxylic acid groups (broad SMARTS) is 2. The van der Waals surface area contributed by atoms with Crippen molar-refractivity contribution in [2.45, 2.75) is 223 Å². The standard InChI is InChI=1S/C66H103N17O16S/c1-9-35(6)52(69)66-72-32-48(100-66)63(97)80-43(26-34(4)5)59(93)75-42(22-23-50(85)86)58(92)83-53(36(7)10-2)64(98)76-40-20-15-16-25-71-55(89)46(29-49(68)84)78-62(96)47(30-51(87)88)79-61(95)45(28-39-31-70-33-73-39)77-60(94)44(27-38-18-13-12-14-19-38)81-65(99)54(37(8)11-3)82-57(91)41(21-17-24-67)74-56(40)90/h12-14,18-19,31,33-37,40-48,52-54H,9-11,15-17,20-30,32,67,69H2,1-8H3,(H2,68,84)(H,70,73)(H,71,89)(H,74,90)(H,75,93)(H,76,98)(H,77,94)(H,78,96)(H,79,95)(H,80,97)(H,81,99)(H,82,91)(H,83,92)(H,85,86)(H,87,88)/t35-,36-,37-,40-,41-,42-,43-,44-,45+,46-,47+,48-,52-,53-,54-/m0/s1. The van der Waals surface area contributed by atoms with Crippen LogP contribution in [0.5, 0.6) is 0 Å². The Balaban J connectivity index is 1.76. The zero-order valence-electron chi connectivity index (χ0n) is 58.2. The number of nitrogens with zero attached hydrogens (tertiary/aromatic N) is 2. The Morgan fingerprint density at radius 2 is 1.26 bits per heavy atom. The third kappa shape index (κ3) is 27.6. The van der Waals surface area contributed by atoms with Gasteiger partial charge in [-0.2, -0.15) is 0 Å². The van der Waals surface area contributed by atoms with E-state index in [9.17, 15) is 77.3 Å². The number of nitrogens with two attached hydrogens (primary N) is 3. The van der Waals surface area contributed by atoms with Crippen LogP contribution in [0, 0.1) is 23.7 Å². The molecule has 2 aromatic rings. The van der Waals surface area contributed by atoms with Gasteiger partial charge in [0.15, 0.2) is 0 Å². The van der Waals surface area contributed by atoms with Crippen molar-refractivity contribution >= 4 is 99.6 Å². The molecule has 20 N–H and O–H groups in total. The van der Waals surface area contributed by atoms with E-state index < -0.39 is 192 Å². The smallest absolute Gasteiger partial charge is 0.305 e. The lowest BCUT2D eigenvalue weighted by Crippen LogP contribution is -2.62. The fraction of sp³-hybridized carbons (Fsp3) is 0.636. The van der Waals surface area contributed by atoms with Gasteiger partial charge in [-0.3, -0.25) is 72.1 Å². The van der Waals surface area contributed by atoms with Gasteiger partial charge in [0.05, 0.1) is 36.8 Å². The fourth-order valence-corrected chi connectivity index (χ4v) is 12.0. The maximum atomic E-state index is 14.9. The van der Waals surface area contributed by atoms with Crippen molar-refractivity contribution in [2.75, 3.05) is 19.6 Å². The van der Waals surface area contributed by atoms with E-state index in [-0.39, 0.29) is 95.7 Å². The number of hydrogen-bond donors (Lipinski definition) is 17. The third-order valence-corrected chi connectivity index (χ3v) is 18.8. The lowest BCUT2D eigenvalue weighted by Gasteiger charge is -2.30. The molecule has 0 spiro atoms. The summed E-state index contributed by atoms with van der Waals surface area (Å²) in [5.41, 5.74) is 18.7. The van der Waals surface area contributed by atoms with Crippen LogP contribution in [0.3, 0.4) is 0 Å². The van der Waals surface area contributed by atoms with Crippen LogP contribution in [-0.2, 0) is 80.0 Å². The van der Waals surface area contributed by atoms with Gasteiger partial charge in [-0.05, 0) is 80.7 Å². The van der Waals surface area contributed by atoms with E-state index in [1.165, 1.54) is 24.3 Å². The van der Waals surface area contributed by atoms with Crippen molar-refractivity contribution in [3.05, 3.63) is 54.1 Å². The molecule has 554 valence electrons. The van der Waals surface area contributed by atoms with E-state index in [2.05, 4.69) is 73.4 Å². The highest BCUT2D eigenvalue weighted by molar-refractivity contribution is 8.15. The van der Waals surface area contributed by atoms with Crippen LogP contribution in [-0.4, -0.2) is 199 Å². The number of benzene rings is 1. The van der Waals surface area contributed by atoms with Crippen LogP contribution in [0.4, 0.5) is 0 Å². The summed E-state index contributed by atoms with van der Waals surface area (Å²) in [5, 5.41) is 48.4. The third-order valence-electron chi connectivity index (χ3n) is 17.5. The maximum absolute atomic E-state index is 14.9. The summed E-state index contributed by atoms with van der Waals surface area (Å²) >= 11 is 1.20. The number of carbonyl (C=O) groups is 14. The molecule has 1 saturated heterocycles. The highest BCUT2D eigenvalue weighted by atomic mass is 32.2. The predicted octanol–water partition coefficient (Wildman–Crippen LogP) is -1.68. The molecule has 34 heteroatoms. The largest absolute Gasteiger partial charge is 0.481 e. The van der Waals surface area contributed by atoms with Crippen LogP contribution in [0.15, 0.2) is 47.8 Å². The monoisotopic (exact) mass is 1420 g/mol. The van der Waals surface area contributed by atoms with E-state index in [0.717, 1.165) is 6.42 Å². The molecule has 0 saturated carbocycles. The summed E-state index contributed by atoms with van der Waals surface area (Å²) in [7, 11) is 0. The van der Waals surface area contributed by atoms with E-state index >= 15 is 0 Å². The van der Waals surface area contributed by atoms with Crippen molar-refractivity contribution in [3.8, 4) is 0 Å². The molecule has 33 nitrogen and oxygen atoms in total. The fourth-order valence-electron chi connectivity index (χ4n) is 10.9. The van der Waals surface area contributed by atoms with Crippen molar-refractivity contribution in [1.29, 1.82) is 0 Å². The van der Waals surface area contributed by atoms with Crippen molar-refractivity contribution in [3.63, 3.8) is 0 Å². The minimum absolute atomic E-state index is 0.00169. The first-order valence-electron chi connectivity index (χ1n) is 34.1. The summed E-state index contributed by atoms with van der Waals surface area (Å²) < 4.78 is 0. The summed E-state index contributed by atoms with van der Waals surface area (Å²) in [6.45, 7) is 14.2. The second-order valence-corrected chi connectivity index (χ2v) is 27.2. The lowest BCUT2D eigenvalue weighted by molar-refractivity contribution is -0.142. The van der Waals surface area contributed by atoms with Crippen LogP contribution in [0.1, 0.15) is 150 Å². The molecule has 0 radical (unpaired) electrons. The molecule has 1 fully saturated rings. The Morgan fingerprint density at radius 1 is 0.660 bits per heavy atom. The summed E-state index contributed by atoms with van der Waals surface area (Å²) in [5.74, 6) is -15.6. The predicted molar refractivity (Wildman–Crippen MR) is 369 cm³/mol. The molecule has 1 aromatic carbocycles. The van der Waals surface area contributed by atoms with Crippen LogP contribution in [0.25, 0.3) is 0 Å². The summed E-state index contributed by atoms with van der Waals surface area (Å²) in [4.78, 5) is 207. The first-order chi connectivity index (χ1) is 47.4. The Kier molecular flexibility index (Phi) is 35.1. The number of nitrogens with one attached hydrogen (secondary N) is 12. The Morgan fingerprint density at radius 3 is 1.85 bits per heavy atom. The van der Waals surface area contributed by atoms with Gasteiger partial charge in [0.2, 0.25) is 70.9 Å². The quantitative estimate of drug-likeness (QED) is 0.0401. The highest BCUT2D eigenvalue weighted by Gasteiger charge is 2.40. The normalized spacial score (nSPS) is 23.1. The molecule has 15 atom stereocenters. The Hall–Kier alpha value is -9.05. The minimum atomic E-state index is -1.94. The molecule has 0 unspecified atom stereocenters. The van der Waals surface area contributed by atoms with Crippen molar-refractivity contribution in [1.82, 2.24) is 68.5 Å². The SMILES string of the molecule is CC[C@H](C)[C@H](N)C1=NC[C@@H](C(=O)N[C@@H](CC(C)C)C(=O)N[C@@H](CCC(=O)O)C(=O)N[C@H](C(=O)N[C@H]2CCCCNC(=O)[C@H](CC(N)=O)NC(=O)[C@@H](CC(=O)O)NC(=O)[C@@H](Cc3cnc[nH]3)NC(=O)[C@H](Cc3ccccc3)NC(=O)[C@H]([C@@H](C)CC)NC(=O)[C@H](CCCN)NC2=O)[C@@H](C)CC)S1. The zero-order valence-corrected chi connectivity index (χ0v) is 59.0. The van der Waals surface area contributed by atoms with Gasteiger partial charge in [0.1, 0.15) is 65.7 Å². The van der Waals surface area contributed by atoms with E-state index in [1.54, 1.807) is 58.0 Å². The second kappa shape index (κ2) is 42.1. The minimum Gasteiger partial charge on any atom is -0.481 e. The number of carboxylic acids is 2. The number of rotatable bonds is 31. The Labute approximate surface area is 586 Å². The van der Waals surface area contributed by atoms with E-state index in [1.807, 2.05) is 27.7 Å². The van der Waals surface area contributed by atoms with Gasteiger partial charge in [0.25, 0.3) is 0 Å². The van der Waals surface area contributed by atoms with Gasteiger partial charge < -0.3 is 90.9 Å². The topological polar surface area (TPSA) is 531 Å². The van der Waals surface area contributed by atoms with Crippen LogP contribution < -0.4 is 75.7 Å². The number of aliphatic carboxylic acids is 2. The van der Waals surface area contributed by atoms with Gasteiger partial charge in [-0.25, -0.2) is 4.98 Å². The van der Waals surface area contributed by atoms with Gasteiger partial charge in [-0.1, -0.05) is 117 Å². The number of primary amides is 1. The molecule has 0 aliphatic carbocycles. The first kappa shape index (κ1) is 83.4. The Bertz CT molecular complexity index is 3160. The number of aliphatic imine (C=N–C) groups is 1. The van der Waals surface area contributed by atoms with Gasteiger partial charge >= 0.3 is 11.9 Å². The first-order valence-corrected chi connectivity index (χ1v) is 35.0. The molecule has 1 aromatic heterocycles. The molecule has 2 aliphatic heterocycles. The van der Waals surface area contributed by atoms with E-state index in [4.69, 9.17) is 17.2 Å². The highest BCUT2D eigenvalue weighted by Crippen LogP contribution is 2.27. The zero-order chi connectivity index (χ0) is 74.3. The number of aromatic nitrogens is 2. The molecule has 0 bridgehead atoms. The molecule has 100 heavy (non-hydrogen) atoms. The van der Waals surface area contributed by atoms with Crippen molar-refractivity contribution in [2.24, 2.45) is 45.9 Å². The molecular weight excluding hydrogens is 1320 g/mol. The molecule has 12 amide bonds. The van der Waals surface area contributed by atoms with Crippen LogP contribution in [0.2, 0.25) is 0 Å². The number of hydrogen-bond acceptors (Lipinski definition) is 19. The number of amides is 12. The number of H-pyrrole nitrogens is 1. The average Bonchev–Trinajstić information content (AvgIpc) is 1.28. The summed E-state index contributed by atoms with van der Waals surface area (Å²) in [6, 6.07) is -7.45. The molecular formula is C66H103N17O16S. The number of aromatic amines is 1. The van der Waals surface area contributed by atoms with Gasteiger partial charge in [-0.15, -0.1) is 0 Å². The molecule has 3 heterocycles. The molecule has 4 rings (SSSR count). The number of thioether (sulfide) groups is 1. The van der Waals surface area contributed by atoms with Crippen molar-refractivity contribution < 1.29 is 77.3 Å². The number of imidazole rings is 1. The van der Waals surface area contributed by atoms with Gasteiger partial charge in [0, 0.05) is 37.7 Å². The van der Waals surface area contributed by atoms with E-state index in [0.29, 0.717) is 16.3 Å².